The molecule has 4 aromatic rings. The van der Waals surface area contributed by atoms with Gasteiger partial charge in [0, 0.05) is 28.9 Å². The molecule has 0 unspecified atom stereocenters. The molecule has 28 heavy (non-hydrogen) atoms. The smallest absolute Gasteiger partial charge is 0.252 e. The topological polar surface area (TPSA) is 92.8 Å². The molecule has 0 bridgehead atoms. The molecule has 10 heteroatoms. The molecule has 1 saturated heterocycles. The molecule has 0 atom stereocenters. The van der Waals surface area contributed by atoms with Gasteiger partial charge in [0.15, 0.2) is 5.82 Å². The minimum Gasteiger partial charge on any atom is -0.379 e. The summed E-state index contributed by atoms with van der Waals surface area (Å²) in [5, 5.41) is 18.5. The van der Waals surface area contributed by atoms with Crippen molar-refractivity contribution in [2.75, 3.05) is 26.3 Å². The normalized spacial score (nSPS) is 15.1. The van der Waals surface area contributed by atoms with E-state index in [-0.39, 0.29) is 5.82 Å². The number of hydrogen-bond donors (Lipinski definition) is 0. The molecule has 1 aliphatic heterocycles. The lowest BCUT2D eigenvalue weighted by molar-refractivity contribution is 0.0331. The third-order valence-electron chi connectivity index (χ3n) is 4.53. The number of fused-ring (bicyclic) bond motifs is 1. The van der Waals surface area contributed by atoms with E-state index in [2.05, 4.69) is 31.8 Å². The van der Waals surface area contributed by atoms with E-state index in [1.54, 1.807) is 27.4 Å². The molecule has 8 nitrogen and oxygen atoms in total. The first-order valence-electron chi connectivity index (χ1n) is 8.76. The van der Waals surface area contributed by atoms with E-state index < -0.39 is 0 Å². The summed E-state index contributed by atoms with van der Waals surface area (Å²) in [6, 6.07) is 6.09. The molecule has 4 aromatic heterocycles. The number of nitriles is 1. The van der Waals surface area contributed by atoms with Gasteiger partial charge in [0.05, 0.1) is 25.1 Å². The number of morpholine rings is 1. The summed E-state index contributed by atoms with van der Waals surface area (Å²) < 4.78 is 7.01. The zero-order chi connectivity index (χ0) is 18.9. The van der Waals surface area contributed by atoms with Crippen molar-refractivity contribution in [3.63, 3.8) is 0 Å². The van der Waals surface area contributed by atoms with Gasteiger partial charge in [-0.05, 0) is 11.4 Å². The number of ether oxygens (including phenoxy) is 1. The standard InChI is InChI=1S/C18H15N7OS2/c19-8-14-20-11-25(23-14)17-16-12(13-2-1-7-27-13)10-28-18(16)22-15(21-17)9-24-3-5-26-6-4-24/h1-2,7,10-11H,3-6,9H2. The number of aromatic nitrogens is 5. The van der Waals surface area contributed by atoms with Crippen LogP contribution < -0.4 is 0 Å². The lowest BCUT2D eigenvalue weighted by Crippen LogP contribution is -2.36. The van der Waals surface area contributed by atoms with Crippen LogP contribution in [0.4, 0.5) is 0 Å². The molecule has 1 aliphatic rings. The summed E-state index contributed by atoms with van der Waals surface area (Å²) in [7, 11) is 0. The highest BCUT2D eigenvalue weighted by Crippen LogP contribution is 2.38. The average molecular weight is 410 g/mol. The molecule has 140 valence electrons. The predicted molar refractivity (Wildman–Crippen MR) is 106 cm³/mol. The third kappa shape index (κ3) is 3.18. The zero-order valence-corrected chi connectivity index (χ0v) is 16.4. The Kier molecular flexibility index (Phi) is 4.58. The van der Waals surface area contributed by atoms with E-state index in [1.807, 2.05) is 12.1 Å². The molecular formula is C18H15N7OS2. The Bertz CT molecular complexity index is 1150. The quantitative estimate of drug-likeness (QED) is 0.512. The van der Waals surface area contributed by atoms with Crippen LogP contribution in [0.25, 0.3) is 26.5 Å². The van der Waals surface area contributed by atoms with Gasteiger partial charge in [0.1, 0.15) is 23.1 Å². The molecule has 0 saturated carbocycles. The Balaban J connectivity index is 1.65. The maximum atomic E-state index is 9.11. The van der Waals surface area contributed by atoms with Crippen LogP contribution in [0.5, 0.6) is 0 Å². The zero-order valence-electron chi connectivity index (χ0n) is 14.8. The van der Waals surface area contributed by atoms with Gasteiger partial charge >= 0.3 is 0 Å². The summed E-state index contributed by atoms with van der Waals surface area (Å²) in [6.45, 7) is 3.84. The molecule has 5 rings (SSSR count). The van der Waals surface area contributed by atoms with Crippen molar-refractivity contribution in [3.8, 4) is 22.3 Å². The Hall–Kier alpha value is -2.71. The predicted octanol–water partition coefficient (Wildman–Crippen LogP) is 2.70. The van der Waals surface area contributed by atoms with Crippen LogP contribution in [0, 0.1) is 11.3 Å². The molecule has 1 fully saturated rings. The monoisotopic (exact) mass is 409 g/mol. The molecule has 0 aliphatic carbocycles. The van der Waals surface area contributed by atoms with Crippen molar-refractivity contribution >= 4 is 32.9 Å². The highest BCUT2D eigenvalue weighted by molar-refractivity contribution is 7.18. The maximum Gasteiger partial charge on any atom is 0.252 e. The van der Waals surface area contributed by atoms with Crippen LogP contribution in [0.2, 0.25) is 0 Å². The van der Waals surface area contributed by atoms with E-state index in [1.165, 1.54) is 6.33 Å². The molecule has 5 heterocycles. The second-order valence-electron chi connectivity index (χ2n) is 6.28. The number of nitrogens with zero attached hydrogens (tertiary/aromatic N) is 7. The van der Waals surface area contributed by atoms with Crippen molar-refractivity contribution in [1.82, 2.24) is 29.6 Å². The Morgan fingerprint density at radius 2 is 2.11 bits per heavy atom. The van der Waals surface area contributed by atoms with Gasteiger partial charge in [-0.2, -0.15) is 5.26 Å². The van der Waals surface area contributed by atoms with Gasteiger partial charge in [-0.15, -0.1) is 27.8 Å². The van der Waals surface area contributed by atoms with Crippen molar-refractivity contribution in [1.29, 1.82) is 5.26 Å². The fraction of sp³-hybridized carbons (Fsp3) is 0.278. The Morgan fingerprint density at radius 3 is 2.86 bits per heavy atom. The van der Waals surface area contributed by atoms with Crippen LogP contribution in [0.15, 0.2) is 29.2 Å². The fourth-order valence-corrected chi connectivity index (χ4v) is 4.97. The first-order chi connectivity index (χ1) is 13.8. The van der Waals surface area contributed by atoms with Crippen LogP contribution in [-0.4, -0.2) is 55.9 Å². The van der Waals surface area contributed by atoms with Gasteiger partial charge in [0.2, 0.25) is 0 Å². The molecule has 0 aromatic carbocycles. The molecule has 0 radical (unpaired) electrons. The average Bonchev–Trinajstić information content (AvgIpc) is 3.47. The van der Waals surface area contributed by atoms with Gasteiger partial charge in [-0.1, -0.05) is 6.07 Å². The van der Waals surface area contributed by atoms with E-state index in [4.69, 9.17) is 20.0 Å². The SMILES string of the molecule is N#Cc1ncn(-c2nc(CN3CCOCC3)nc3scc(-c4cccs4)c23)n1. The van der Waals surface area contributed by atoms with Crippen molar-refractivity contribution < 1.29 is 4.74 Å². The lowest BCUT2D eigenvalue weighted by Gasteiger charge is -2.25. The Morgan fingerprint density at radius 1 is 1.21 bits per heavy atom. The second-order valence-corrected chi connectivity index (χ2v) is 8.09. The summed E-state index contributed by atoms with van der Waals surface area (Å²) in [6.07, 6.45) is 1.54. The van der Waals surface area contributed by atoms with Crippen LogP contribution in [0.1, 0.15) is 11.6 Å². The fourth-order valence-electron chi connectivity index (χ4n) is 3.19. The van der Waals surface area contributed by atoms with Crippen LogP contribution in [0.3, 0.4) is 0 Å². The van der Waals surface area contributed by atoms with E-state index in [0.29, 0.717) is 12.4 Å². The highest BCUT2D eigenvalue weighted by atomic mass is 32.1. The van der Waals surface area contributed by atoms with Crippen molar-refractivity contribution in [2.24, 2.45) is 0 Å². The highest BCUT2D eigenvalue weighted by Gasteiger charge is 2.20. The molecule has 0 amide bonds. The number of thiophene rings is 2. The van der Waals surface area contributed by atoms with E-state index in [0.717, 1.165) is 52.8 Å². The third-order valence-corrected chi connectivity index (χ3v) is 6.30. The summed E-state index contributed by atoms with van der Waals surface area (Å²) in [5.74, 6) is 1.51. The van der Waals surface area contributed by atoms with Gasteiger partial charge in [-0.3, -0.25) is 4.90 Å². The number of hydrogen-bond acceptors (Lipinski definition) is 9. The summed E-state index contributed by atoms with van der Waals surface area (Å²) >= 11 is 3.27. The summed E-state index contributed by atoms with van der Waals surface area (Å²) in [5.41, 5.74) is 1.08. The maximum absolute atomic E-state index is 9.11. The van der Waals surface area contributed by atoms with E-state index >= 15 is 0 Å². The minimum atomic E-state index is 0.120. The number of rotatable bonds is 4. The van der Waals surface area contributed by atoms with Crippen molar-refractivity contribution in [2.45, 2.75) is 6.54 Å². The van der Waals surface area contributed by atoms with Gasteiger partial charge in [0.25, 0.3) is 5.82 Å². The van der Waals surface area contributed by atoms with Crippen LogP contribution in [-0.2, 0) is 11.3 Å². The first-order valence-corrected chi connectivity index (χ1v) is 10.5. The largest absolute Gasteiger partial charge is 0.379 e. The molecule has 0 spiro atoms. The van der Waals surface area contributed by atoms with Gasteiger partial charge < -0.3 is 4.74 Å². The van der Waals surface area contributed by atoms with Crippen LogP contribution >= 0.6 is 22.7 Å². The molecule has 0 N–H and O–H groups in total. The lowest BCUT2D eigenvalue weighted by atomic mass is 10.2. The second kappa shape index (κ2) is 7.37. The molecular weight excluding hydrogens is 394 g/mol. The first kappa shape index (κ1) is 17.4. The Labute approximate surface area is 168 Å². The minimum absolute atomic E-state index is 0.120. The summed E-state index contributed by atoms with van der Waals surface area (Å²) in [4.78, 5) is 18.0. The van der Waals surface area contributed by atoms with E-state index in [9.17, 15) is 0 Å². The van der Waals surface area contributed by atoms with Crippen molar-refractivity contribution in [3.05, 3.63) is 40.9 Å². The van der Waals surface area contributed by atoms with Gasteiger partial charge in [-0.25, -0.2) is 19.6 Å².